The highest BCUT2D eigenvalue weighted by molar-refractivity contribution is 14.1. The van der Waals surface area contributed by atoms with Gasteiger partial charge >= 0.3 is 0 Å². The molecule has 0 aliphatic heterocycles. The van der Waals surface area contributed by atoms with Gasteiger partial charge in [-0.2, -0.15) is 5.26 Å². The van der Waals surface area contributed by atoms with Crippen LogP contribution in [0, 0.1) is 14.9 Å². The Kier molecular flexibility index (Phi) is 7.44. The van der Waals surface area contributed by atoms with E-state index in [4.69, 9.17) is 32.7 Å². The van der Waals surface area contributed by atoms with Gasteiger partial charge in [-0.25, -0.2) is 0 Å². The van der Waals surface area contributed by atoms with Crippen molar-refractivity contribution in [3.63, 3.8) is 0 Å². The largest absolute Gasteiger partial charge is 0.493 e. The number of ether oxygens (including phenoxy) is 2. The fourth-order valence-corrected chi connectivity index (χ4v) is 4.62. The average Bonchev–Trinajstić information content (AvgIpc) is 2.83. The van der Waals surface area contributed by atoms with Crippen molar-refractivity contribution in [1.82, 2.24) is 0 Å². The molecule has 0 aromatic heterocycles. The van der Waals surface area contributed by atoms with E-state index in [2.05, 4.69) is 52.9 Å². The van der Waals surface area contributed by atoms with E-state index in [9.17, 15) is 5.26 Å². The lowest BCUT2D eigenvalue weighted by molar-refractivity contribution is 0.283. The number of nitrogens with zero attached hydrogens (tertiary/aromatic N) is 1. The van der Waals surface area contributed by atoms with Crippen LogP contribution in [0.5, 0.6) is 11.5 Å². The van der Waals surface area contributed by atoms with Crippen molar-refractivity contribution in [2.24, 2.45) is 0 Å². The highest BCUT2D eigenvalue weighted by Crippen LogP contribution is 2.36. The Hall–Kier alpha value is -2.72. The van der Waals surface area contributed by atoms with Crippen LogP contribution >= 0.6 is 45.8 Å². The van der Waals surface area contributed by atoms with Gasteiger partial charge in [0.15, 0.2) is 11.5 Å². The summed E-state index contributed by atoms with van der Waals surface area (Å²) in [5.41, 5.74) is 3.07. The first-order valence-corrected chi connectivity index (χ1v) is 11.9. The smallest absolute Gasteiger partial charge is 0.174 e. The molecule has 4 aromatic rings. The van der Waals surface area contributed by atoms with Crippen molar-refractivity contribution in [2.75, 3.05) is 7.11 Å². The Morgan fingerprint density at radius 1 is 1.00 bits per heavy atom. The number of hydrogen-bond acceptors (Lipinski definition) is 3. The fourth-order valence-electron chi connectivity index (χ4n) is 3.54. The zero-order chi connectivity index (χ0) is 23.4. The number of benzene rings is 4. The van der Waals surface area contributed by atoms with Crippen molar-refractivity contribution in [3.05, 3.63) is 103 Å². The van der Waals surface area contributed by atoms with E-state index in [1.165, 1.54) is 5.39 Å². The zero-order valence-corrected chi connectivity index (χ0v) is 21.3. The van der Waals surface area contributed by atoms with Crippen LogP contribution in [-0.2, 0) is 6.61 Å². The molecule has 0 radical (unpaired) electrons. The number of rotatable bonds is 6. The summed E-state index contributed by atoms with van der Waals surface area (Å²) in [6.07, 6.45) is 1.79. The number of methoxy groups -OCH3 is 1. The van der Waals surface area contributed by atoms with Gasteiger partial charge in [-0.15, -0.1) is 0 Å². The maximum atomic E-state index is 9.70. The van der Waals surface area contributed by atoms with E-state index < -0.39 is 0 Å². The molecule has 0 atom stereocenters. The predicted molar refractivity (Wildman–Crippen MR) is 144 cm³/mol. The van der Waals surface area contributed by atoms with Crippen LogP contribution < -0.4 is 9.47 Å². The molecular weight excluding hydrogens is 568 g/mol. The summed E-state index contributed by atoms with van der Waals surface area (Å²) in [5, 5.41) is 12.9. The van der Waals surface area contributed by atoms with E-state index in [1.54, 1.807) is 31.4 Å². The van der Waals surface area contributed by atoms with Crippen LogP contribution in [0.25, 0.3) is 22.4 Å². The summed E-state index contributed by atoms with van der Waals surface area (Å²) >= 11 is 14.4. The van der Waals surface area contributed by atoms with Gasteiger partial charge in [0.1, 0.15) is 6.61 Å². The van der Waals surface area contributed by atoms with Gasteiger partial charge < -0.3 is 9.47 Å². The molecule has 0 N–H and O–H groups in total. The van der Waals surface area contributed by atoms with Gasteiger partial charge in [-0.1, -0.05) is 71.7 Å². The lowest BCUT2D eigenvalue weighted by Gasteiger charge is -2.15. The summed E-state index contributed by atoms with van der Waals surface area (Å²) in [4.78, 5) is 0. The molecule has 164 valence electrons. The minimum Gasteiger partial charge on any atom is -0.493 e. The molecule has 0 amide bonds. The molecule has 0 unspecified atom stereocenters. The van der Waals surface area contributed by atoms with Crippen molar-refractivity contribution >= 4 is 68.2 Å². The standard InChI is InChI=1S/C27H18Cl2INO2/c1-32-26-13-17(11-21(15-31)19-9-10-23(28)24(29)14-19)12-25(30)27(26)33-16-20-7-4-6-18-5-2-3-8-22(18)20/h2-14H,16H2,1H3/b21-11-. The second-order valence-electron chi connectivity index (χ2n) is 7.26. The first-order chi connectivity index (χ1) is 16.0. The van der Waals surface area contributed by atoms with Gasteiger partial charge in [0.2, 0.25) is 0 Å². The zero-order valence-electron chi connectivity index (χ0n) is 17.6. The third kappa shape index (κ3) is 5.27. The number of halogens is 3. The van der Waals surface area contributed by atoms with Gasteiger partial charge in [-0.05, 0) is 80.4 Å². The van der Waals surface area contributed by atoms with Gasteiger partial charge in [0, 0.05) is 0 Å². The summed E-state index contributed by atoms with van der Waals surface area (Å²) < 4.78 is 12.7. The molecule has 4 rings (SSSR count). The number of nitriles is 1. The summed E-state index contributed by atoms with van der Waals surface area (Å²) in [6.45, 7) is 0.412. The van der Waals surface area contributed by atoms with Crippen LogP contribution in [0.2, 0.25) is 10.0 Å². The van der Waals surface area contributed by atoms with E-state index in [1.807, 2.05) is 30.3 Å². The molecule has 0 heterocycles. The third-order valence-corrected chi connectivity index (χ3v) is 6.71. The highest BCUT2D eigenvalue weighted by Gasteiger charge is 2.13. The van der Waals surface area contributed by atoms with E-state index in [0.717, 1.165) is 20.1 Å². The van der Waals surface area contributed by atoms with E-state index in [0.29, 0.717) is 39.3 Å². The van der Waals surface area contributed by atoms with Gasteiger partial charge in [0.25, 0.3) is 0 Å². The summed E-state index contributed by atoms with van der Waals surface area (Å²) in [5.74, 6) is 1.26. The van der Waals surface area contributed by atoms with Gasteiger partial charge in [-0.3, -0.25) is 0 Å². The first kappa shape index (κ1) is 23.4. The van der Waals surface area contributed by atoms with Crippen LogP contribution in [0.3, 0.4) is 0 Å². The average molecular weight is 586 g/mol. The second-order valence-corrected chi connectivity index (χ2v) is 9.24. The molecule has 0 fully saturated rings. The Morgan fingerprint density at radius 3 is 2.55 bits per heavy atom. The van der Waals surface area contributed by atoms with Crippen molar-refractivity contribution < 1.29 is 9.47 Å². The van der Waals surface area contributed by atoms with Crippen LogP contribution in [0.1, 0.15) is 16.7 Å². The maximum absolute atomic E-state index is 9.70. The van der Waals surface area contributed by atoms with Crippen molar-refractivity contribution in [1.29, 1.82) is 5.26 Å². The Morgan fingerprint density at radius 2 is 1.79 bits per heavy atom. The Bertz CT molecular complexity index is 1400. The Labute approximate surface area is 216 Å². The molecule has 3 nitrogen and oxygen atoms in total. The summed E-state index contributed by atoms with van der Waals surface area (Å²) in [7, 11) is 1.61. The van der Waals surface area contributed by atoms with Crippen molar-refractivity contribution in [2.45, 2.75) is 6.61 Å². The van der Waals surface area contributed by atoms with Gasteiger partial charge in [0.05, 0.1) is 32.4 Å². The Balaban J connectivity index is 1.64. The molecule has 0 saturated heterocycles. The quantitative estimate of drug-likeness (QED) is 0.130. The second kappa shape index (κ2) is 10.5. The molecule has 0 aliphatic rings. The van der Waals surface area contributed by atoms with Crippen LogP contribution in [0.4, 0.5) is 0 Å². The molecule has 0 saturated carbocycles. The van der Waals surface area contributed by atoms with Crippen LogP contribution in [-0.4, -0.2) is 7.11 Å². The number of allylic oxidation sites excluding steroid dienone is 1. The molecule has 6 heteroatoms. The molecule has 4 aromatic carbocycles. The number of fused-ring (bicyclic) bond motifs is 1. The normalized spacial score (nSPS) is 11.3. The minimum atomic E-state index is 0.402. The number of hydrogen-bond donors (Lipinski definition) is 0. The molecule has 0 aliphatic carbocycles. The highest BCUT2D eigenvalue weighted by atomic mass is 127. The monoisotopic (exact) mass is 585 g/mol. The first-order valence-electron chi connectivity index (χ1n) is 10.0. The van der Waals surface area contributed by atoms with E-state index in [-0.39, 0.29) is 0 Å². The third-order valence-electron chi connectivity index (χ3n) is 5.17. The summed E-state index contributed by atoms with van der Waals surface area (Å²) in [6, 6.07) is 25.6. The SMILES string of the molecule is COc1cc(/C=C(/C#N)c2ccc(Cl)c(Cl)c2)cc(I)c1OCc1cccc2ccccc12. The lowest BCUT2D eigenvalue weighted by atomic mass is 10.0. The molecular formula is C27H18Cl2INO2. The maximum Gasteiger partial charge on any atom is 0.174 e. The molecule has 0 spiro atoms. The molecule has 0 bridgehead atoms. The van der Waals surface area contributed by atoms with E-state index >= 15 is 0 Å². The fraction of sp³-hybridized carbons (Fsp3) is 0.0741. The van der Waals surface area contributed by atoms with Crippen LogP contribution in [0.15, 0.2) is 72.8 Å². The topological polar surface area (TPSA) is 42.2 Å². The molecule has 33 heavy (non-hydrogen) atoms. The van der Waals surface area contributed by atoms with Crippen molar-refractivity contribution in [3.8, 4) is 17.6 Å². The minimum absolute atomic E-state index is 0.402. The predicted octanol–water partition coefficient (Wildman–Crippen LogP) is 8.40. The lowest BCUT2D eigenvalue weighted by Crippen LogP contribution is -2.01.